The topological polar surface area (TPSA) is 76.7 Å². The molecule has 0 bridgehead atoms. The van der Waals surface area contributed by atoms with Crippen molar-refractivity contribution in [1.82, 2.24) is 0 Å². The number of hydrogen-bond acceptors (Lipinski definition) is 4. The first-order valence-corrected chi connectivity index (χ1v) is 7.95. The van der Waals surface area contributed by atoms with Gasteiger partial charge in [-0.25, -0.2) is 9.59 Å². The number of hydrogen-bond donors (Lipinski definition) is 2. The van der Waals surface area contributed by atoms with Crippen molar-refractivity contribution in [3.8, 4) is 0 Å². The van der Waals surface area contributed by atoms with Crippen LogP contribution in [0.4, 0.5) is 73.6 Å². The van der Waals surface area contributed by atoms with Crippen LogP contribution < -0.4 is 10.6 Å². The highest BCUT2D eigenvalue weighted by molar-refractivity contribution is 5.89. The minimum Gasteiger partial charge on any atom is -0.426 e. The van der Waals surface area contributed by atoms with Gasteiger partial charge in [-0.2, -0.15) is 52.7 Å². The molecular formula is C15H10F12N2O4. The number of halogens is 12. The number of nitrogens with one attached hydrogen (secondary N) is 2. The highest BCUT2D eigenvalue weighted by Crippen LogP contribution is 2.37. The zero-order chi connectivity index (χ0) is 26.0. The second kappa shape index (κ2) is 9.42. The lowest BCUT2D eigenvalue weighted by molar-refractivity contribution is -0.306. The fourth-order valence-electron chi connectivity index (χ4n) is 1.97. The van der Waals surface area contributed by atoms with Crippen molar-refractivity contribution < 1.29 is 71.7 Å². The van der Waals surface area contributed by atoms with Crippen LogP contribution in [0.25, 0.3) is 0 Å². The molecule has 0 radical (unpaired) electrons. The predicted molar refractivity (Wildman–Crippen MR) is 83.2 cm³/mol. The number of rotatable bonds is 4. The van der Waals surface area contributed by atoms with E-state index >= 15 is 0 Å². The van der Waals surface area contributed by atoms with Crippen LogP contribution in [0.5, 0.6) is 0 Å². The molecule has 33 heavy (non-hydrogen) atoms. The van der Waals surface area contributed by atoms with Crippen molar-refractivity contribution in [3.05, 3.63) is 23.8 Å². The van der Waals surface area contributed by atoms with Crippen molar-refractivity contribution in [3.63, 3.8) is 0 Å². The molecule has 0 fully saturated rings. The average Bonchev–Trinajstić information content (AvgIpc) is 2.56. The Kier molecular flexibility index (Phi) is 7.98. The van der Waals surface area contributed by atoms with E-state index in [1.807, 2.05) is 0 Å². The Balaban J connectivity index is 2.98. The van der Waals surface area contributed by atoms with Gasteiger partial charge in [0.2, 0.25) is 0 Å². The second-order valence-corrected chi connectivity index (χ2v) is 6.02. The number of benzene rings is 1. The molecule has 188 valence electrons. The van der Waals surface area contributed by atoms with Crippen LogP contribution in [0.3, 0.4) is 0 Å². The van der Waals surface area contributed by atoms with Crippen LogP contribution in [0.2, 0.25) is 0 Å². The largest absolute Gasteiger partial charge is 0.434 e. The Morgan fingerprint density at radius 3 is 1.42 bits per heavy atom. The van der Waals surface area contributed by atoms with Gasteiger partial charge >= 0.3 is 36.9 Å². The zero-order valence-electron chi connectivity index (χ0n) is 15.6. The first-order valence-electron chi connectivity index (χ1n) is 7.95. The van der Waals surface area contributed by atoms with E-state index in [9.17, 15) is 62.3 Å². The number of alkyl halides is 12. The lowest BCUT2D eigenvalue weighted by atomic mass is 10.2. The third-order valence-electron chi connectivity index (χ3n) is 3.36. The summed E-state index contributed by atoms with van der Waals surface area (Å²) in [7, 11) is 0. The van der Waals surface area contributed by atoms with Gasteiger partial charge in [-0.05, 0) is 24.6 Å². The molecule has 6 nitrogen and oxygen atoms in total. The second-order valence-electron chi connectivity index (χ2n) is 6.02. The number of anilines is 2. The Bertz CT molecular complexity index is 832. The van der Waals surface area contributed by atoms with Crippen LogP contribution >= 0.6 is 0 Å². The van der Waals surface area contributed by atoms with Gasteiger partial charge in [0, 0.05) is 11.4 Å². The molecule has 0 heterocycles. The van der Waals surface area contributed by atoms with Crippen LogP contribution in [0.1, 0.15) is 5.56 Å². The summed E-state index contributed by atoms with van der Waals surface area (Å²) in [4.78, 5) is 22.9. The van der Waals surface area contributed by atoms with Gasteiger partial charge in [-0.15, -0.1) is 0 Å². The van der Waals surface area contributed by atoms with Gasteiger partial charge in [0.15, 0.2) is 0 Å². The fourth-order valence-corrected chi connectivity index (χ4v) is 1.97. The number of aryl methyl sites for hydroxylation is 1. The maximum Gasteiger partial charge on any atom is 0.434 e. The van der Waals surface area contributed by atoms with E-state index in [2.05, 4.69) is 9.47 Å². The van der Waals surface area contributed by atoms with E-state index in [0.29, 0.717) is 6.07 Å². The summed E-state index contributed by atoms with van der Waals surface area (Å²) in [5, 5.41) is 2.91. The molecule has 0 aliphatic heterocycles. The molecular weight excluding hydrogens is 500 g/mol. The van der Waals surface area contributed by atoms with Crippen LogP contribution in [0.15, 0.2) is 18.2 Å². The minimum atomic E-state index is -6.02. The van der Waals surface area contributed by atoms with E-state index < -0.39 is 60.5 Å². The Morgan fingerprint density at radius 1 is 0.697 bits per heavy atom. The monoisotopic (exact) mass is 510 g/mol. The molecule has 18 heteroatoms. The van der Waals surface area contributed by atoms with Crippen molar-refractivity contribution in [2.45, 2.75) is 43.8 Å². The molecule has 0 aliphatic rings. The molecule has 2 N–H and O–H groups in total. The lowest BCUT2D eigenvalue weighted by Crippen LogP contribution is -2.46. The number of amides is 2. The van der Waals surface area contributed by atoms with E-state index in [4.69, 9.17) is 0 Å². The Labute approximate surface area is 174 Å². The predicted octanol–water partition coefficient (Wildman–Crippen LogP) is 6.08. The Morgan fingerprint density at radius 2 is 1.06 bits per heavy atom. The molecule has 0 atom stereocenters. The molecule has 2 amide bonds. The molecule has 0 unspecified atom stereocenters. The molecule has 0 aliphatic carbocycles. The molecule has 1 aromatic carbocycles. The Hall–Kier alpha value is -3.08. The van der Waals surface area contributed by atoms with Crippen molar-refractivity contribution in [2.24, 2.45) is 0 Å². The van der Waals surface area contributed by atoms with Crippen molar-refractivity contribution >= 4 is 23.6 Å². The third-order valence-corrected chi connectivity index (χ3v) is 3.36. The summed E-state index contributed by atoms with van der Waals surface area (Å²) in [5.41, 5.74) is -1.32. The van der Waals surface area contributed by atoms with Crippen LogP contribution in [-0.4, -0.2) is 49.1 Å². The molecule has 0 saturated carbocycles. The smallest absolute Gasteiger partial charge is 0.426 e. The molecule has 0 saturated heterocycles. The summed E-state index contributed by atoms with van der Waals surface area (Å²) >= 11 is 0. The summed E-state index contributed by atoms with van der Waals surface area (Å²) in [6.45, 7) is 1.14. The van der Waals surface area contributed by atoms with Gasteiger partial charge in [-0.3, -0.25) is 10.6 Å². The normalized spacial score (nSPS) is 13.2. The standard InChI is InChI=1S/C15H10F12N2O4/c1-5-2-3-6(28-10(30)32-8(12(16,17)18)13(19,20)21)4-7(5)29-11(31)33-9(14(22,23)24)15(25,26)27/h2-4,8-9H,1H3,(H,28,30)(H,29,31). The molecule has 1 rings (SSSR count). The average molecular weight is 510 g/mol. The highest BCUT2D eigenvalue weighted by atomic mass is 19.4. The van der Waals surface area contributed by atoms with Gasteiger partial charge in [-0.1, -0.05) is 6.07 Å². The van der Waals surface area contributed by atoms with Crippen LogP contribution in [-0.2, 0) is 9.47 Å². The van der Waals surface area contributed by atoms with Crippen molar-refractivity contribution in [1.29, 1.82) is 0 Å². The zero-order valence-corrected chi connectivity index (χ0v) is 15.6. The molecule has 0 spiro atoms. The van der Waals surface area contributed by atoms with E-state index in [1.54, 1.807) is 0 Å². The van der Waals surface area contributed by atoms with Gasteiger partial charge in [0.25, 0.3) is 12.2 Å². The van der Waals surface area contributed by atoms with E-state index in [0.717, 1.165) is 19.1 Å². The molecule has 0 aromatic heterocycles. The first-order chi connectivity index (χ1) is 14.6. The summed E-state index contributed by atoms with van der Waals surface area (Å²) in [6.07, 6.45) is -37.6. The SMILES string of the molecule is Cc1ccc(NC(=O)OC(C(F)(F)F)C(F)(F)F)cc1NC(=O)OC(C(F)(F)F)C(F)(F)F. The van der Waals surface area contributed by atoms with Crippen LogP contribution in [0, 0.1) is 6.92 Å². The number of carbonyl (C=O) groups excluding carboxylic acids is 2. The maximum absolute atomic E-state index is 12.4. The third kappa shape index (κ3) is 8.41. The van der Waals surface area contributed by atoms with Gasteiger partial charge in [0.1, 0.15) is 0 Å². The van der Waals surface area contributed by atoms with Crippen molar-refractivity contribution in [2.75, 3.05) is 10.6 Å². The van der Waals surface area contributed by atoms with Gasteiger partial charge < -0.3 is 9.47 Å². The van der Waals surface area contributed by atoms with E-state index in [1.165, 1.54) is 10.6 Å². The summed E-state index contributed by atoms with van der Waals surface area (Å²) in [6, 6.07) is 2.39. The highest BCUT2D eigenvalue weighted by Gasteiger charge is 2.61. The summed E-state index contributed by atoms with van der Waals surface area (Å²) < 4.78 is 156. The van der Waals surface area contributed by atoms with Gasteiger partial charge in [0.05, 0.1) is 0 Å². The summed E-state index contributed by atoms with van der Waals surface area (Å²) in [5.74, 6) is 0. The fraction of sp³-hybridized carbons (Fsp3) is 0.467. The number of ether oxygens (including phenoxy) is 2. The molecule has 1 aromatic rings. The number of carbonyl (C=O) groups is 2. The first kappa shape index (κ1) is 28.0. The maximum atomic E-state index is 12.4. The quantitative estimate of drug-likeness (QED) is 0.482. The minimum absolute atomic E-state index is 0.0649. The van der Waals surface area contributed by atoms with E-state index in [-0.39, 0.29) is 5.56 Å². The lowest BCUT2D eigenvalue weighted by Gasteiger charge is -2.23.